The maximum atomic E-state index is 8.70. The van der Waals surface area contributed by atoms with Crippen LogP contribution in [0, 0.1) is 17.2 Å². The number of benzene rings is 1. The van der Waals surface area contributed by atoms with Gasteiger partial charge in [-0.05, 0) is 36.5 Å². The summed E-state index contributed by atoms with van der Waals surface area (Å²) in [6.07, 6.45) is 7.75. The molecule has 0 aliphatic heterocycles. The first kappa shape index (κ1) is 13.8. The van der Waals surface area contributed by atoms with E-state index in [2.05, 4.69) is 32.0 Å². The summed E-state index contributed by atoms with van der Waals surface area (Å²) in [6, 6.07) is 10.1. The summed E-state index contributed by atoms with van der Waals surface area (Å²) in [4.78, 5) is 0. The van der Waals surface area contributed by atoms with E-state index in [0.29, 0.717) is 0 Å². The van der Waals surface area contributed by atoms with Crippen LogP contribution in [0.3, 0.4) is 0 Å². The van der Waals surface area contributed by atoms with Crippen molar-refractivity contribution in [2.24, 2.45) is 5.92 Å². The molecule has 0 spiro atoms. The van der Waals surface area contributed by atoms with Gasteiger partial charge in [-0.2, -0.15) is 5.26 Å². The Morgan fingerprint density at radius 2 is 1.82 bits per heavy atom. The normalized spacial score (nSPS) is 12.1. The average Bonchev–Trinajstić information content (AvgIpc) is 2.38. The van der Waals surface area contributed by atoms with Crippen LogP contribution in [0.25, 0.3) is 0 Å². The van der Waals surface area contributed by atoms with Gasteiger partial charge in [0.05, 0.1) is 11.6 Å². The van der Waals surface area contributed by atoms with Gasteiger partial charge in [0, 0.05) is 0 Å². The Labute approximate surface area is 105 Å². The average molecular weight is 229 g/mol. The van der Waals surface area contributed by atoms with Crippen LogP contribution < -0.4 is 0 Å². The van der Waals surface area contributed by atoms with Crippen molar-refractivity contribution in [3.63, 3.8) is 0 Å². The molecule has 1 unspecified atom stereocenters. The summed E-state index contributed by atoms with van der Waals surface area (Å²) in [5.41, 5.74) is 2.11. The van der Waals surface area contributed by atoms with Gasteiger partial charge in [-0.1, -0.05) is 51.7 Å². The van der Waals surface area contributed by atoms with Crippen molar-refractivity contribution in [3.05, 3.63) is 35.4 Å². The van der Waals surface area contributed by atoms with Crippen LogP contribution in [-0.4, -0.2) is 0 Å². The highest BCUT2D eigenvalue weighted by molar-refractivity contribution is 5.31. The second kappa shape index (κ2) is 7.90. The topological polar surface area (TPSA) is 23.8 Å². The van der Waals surface area contributed by atoms with Crippen molar-refractivity contribution in [1.29, 1.82) is 5.26 Å². The zero-order valence-electron chi connectivity index (χ0n) is 11.1. The Balaban J connectivity index is 2.16. The predicted octanol–water partition coefficient (Wildman–Crippen LogP) is 4.71. The Morgan fingerprint density at radius 1 is 1.12 bits per heavy atom. The molecule has 1 aromatic carbocycles. The van der Waals surface area contributed by atoms with E-state index in [4.69, 9.17) is 5.26 Å². The van der Waals surface area contributed by atoms with Gasteiger partial charge in [0.1, 0.15) is 0 Å². The molecule has 0 amide bonds. The highest BCUT2D eigenvalue weighted by atomic mass is 14.2. The van der Waals surface area contributed by atoms with E-state index in [9.17, 15) is 0 Å². The minimum Gasteiger partial charge on any atom is -0.192 e. The molecule has 0 radical (unpaired) electrons. The first-order valence-electron chi connectivity index (χ1n) is 6.75. The third-order valence-electron chi connectivity index (χ3n) is 3.44. The molecule has 1 atom stereocenters. The monoisotopic (exact) mass is 229 g/mol. The summed E-state index contributed by atoms with van der Waals surface area (Å²) in [5, 5.41) is 8.70. The summed E-state index contributed by atoms with van der Waals surface area (Å²) in [6.45, 7) is 4.60. The second-order valence-electron chi connectivity index (χ2n) is 4.92. The fourth-order valence-electron chi connectivity index (χ4n) is 1.95. The van der Waals surface area contributed by atoms with E-state index in [0.717, 1.165) is 17.9 Å². The molecule has 92 valence electrons. The van der Waals surface area contributed by atoms with Crippen molar-refractivity contribution < 1.29 is 0 Å². The maximum absolute atomic E-state index is 8.70. The standard InChI is InChI=1S/C16H23N/c1-3-14(2)7-5-4-6-8-15-9-11-16(13-17)12-10-15/h9-12,14H,3-8H2,1-2H3. The molecule has 1 aromatic rings. The van der Waals surface area contributed by atoms with E-state index >= 15 is 0 Å². The van der Waals surface area contributed by atoms with Gasteiger partial charge < -0.3 is 0 Å². The van der Waals surface area contributed by atoms with Gasteiger partial charge >= 0.3 is 0 Å². The quantitative estimate of drug-likeness (QED) is 0.621. The Kier molecular flexibility index (Phi) is 6.40. The molecule has 1 heteroatoms. The molecule has 0 heterocycles. The number of hydrogen-bond donors (Lipinski definition) is 0. The predicted molar refractivity (Wildman–Crippen MR) is 72.8 cm³/mol. The molecule has 0 N–H and O–H groups in total. The van der Waals surface area contributed by atoms with Gasteiger partial charge in [0.2, 0.25) is 0 Å². The lowest BCUT2D eigenvalue weighted by atomic mass is 9.99. The molecule has 17 heavy (non-hydrogen) atoms. The van der Waals surface area contributed by atoms with E-state index in [-0.39, 0.29) is 0 Å². The minimum absolute atomic E-state index is 0.755. The van der Waals surface area contributed by atoms with Crippen LogP contribution in [0.4, 0.5) is 0 Å². The van der Waals surface area contributed by atoms with Crippen molar-refractivity contribution in [2.45, 2.75) is 52.4 Å². The zero-order chi connectivity index (χ0) is 12.5. The van der Waals surface area contributed by atoms with Gasteiger partial charge in [-0.15, -0.1) is 0 Å². The van der Waals surface area contributed by atoms with Crippen LogP contribution in [0.2, 0.25) is 0 Å². The fraction of sp³-hybridized carbons (Fsp3) is 0.562. The lowest BCUT2D eigenvalue weighted by Crippen LogP contribution is -1.92. The highest BCUT2D eigenvalue weighted by Gasteiger charge is 1.99. The van der Waals surface area contributed by atoms with E-state index < -0.39 is 0 Å². The van der Waals surface area contributed by atoms with E-state index in [1.165, 1.54) is 37.7 Å². The zero-order valence-corrected chi connectivity index (χ0v) is 11.1. The molecule has 0 aliphatic rings. The number of hydrogen-bond acceptors (Lipinski definition) is 1. The summed E-state index contributed by atoms with van der Waals surface area (Å²) in [5.74, 6) is 0.880. The maximum Gasteiger partial charge on any atom is 0.0991 e. The molecule has 0 saturated heterocycles. The minimum atomic E-state index is 0.755. The van der Waals surface area contributed by atoms with Crippen LogP contribution in [0.1, 0.15) is 57.1 Å². The summed E-state index contributed by atoms with van der Waals surface area (Å²) in [7, 11) is 0. The smallest absolute Gasteiger partial charge is 0.0991 e. The van der Waals surface area contributed by atoms with Crippen molar-refractivity contribution in [2.75, 3.05) is 0 Å². The molecule has 0 saturated carbocycles. The number of unbranched alkanes of at least 4 members (excludes halogenated alkanes) is 2. The molecule has 0 aliphatic carbocycles. The lowest BCUT2D eigenvalue weighted by molar-refractivity contribution is 0.478. The number of nitrogens with zero attached hydrogens (tertiary/aromatic N) is 1. The highest BCUT2D eigenvalue weighted by Crippen LogP contribution is 2.14. The van der Waals surface area contributed by atoms with E-state index in [1.54, 1.807) is 0 Å². The largest absolute Gasteiger partial charge is 0.192 e. The molecule has 1 nitrogen and oxygen atoms in total. The van der Waals surface area contributed by atoms with Crippen LogP contribution in [0.5, 0.6) is 0 Å². The molecule has 0 aromatic heterocycles. The van der Waals surface area contributed by atoms with Crippen LogP contribution in [0.15, 0.2) is 24.3 Å². The molecule has 1 rings (SSSR count). The van der Waals surface area contributed by atoms with Gasteiger partial charge in [-0.3, -0.25) is 0 Å². The van der Waals surface area contributed by atoms with Crippen LogP contribution >= 0.6 is 0 Å². The van der Waals surface area contributed by atoms with Crippen molar-refractivity contribution >= 4 is 0 Å². The summed E-state index contributed by atoms with van der Waals surface area (Å²) < 4.78 is 0. The lowest BCUT2D eigenvalue weighted by Gasteiger charge is -2.07. The molecular formula is C16H23N. The third-order valence-corrected chi connectivity index (χ3v) is 3.44. The van der Waals surface area contributed by atoms with Crippen molar-refractivity contribution in [1.82, 2.24) is 0 Å². The summed E-state index contributed by atoms with van der Waals surface area (Å²) >= 11 is 0. The second-order valence-corrected chi connectivity index (χ2v) is 4.92. The SMILES string of the molecule is CCC(C)CCCCCc1ccc(C#N)cc1. The Hall–Kier alpha value is -1.29. The third kappa shape index (κ3) is 5.54. The number of rotatable bonds is 7. The fourth-order valence-corrected chi connectivity index (χ4v) is 1.95. The van der Waals surface area contributed by atoms with Gasteiger partial charge in [0.25, 0.3) is 0 Å². The number of aryl methyl sites for hydroxylation is 1. The number of nitriles is 1. The molecular weight excluding hydrogens is 206 g/mol. The Morgan fingerprint density at radius 3 is 2.41 bits per heavy atom. The Bertz CT molecular complexity index is 345. The van der Waals surface area contributed by atoms with Crippen molar-refractivity contribution in [3.8, 4) is 6.07 Å². The van der Waals surface area contributed by atoms with Gasteiger partial charge in [0.15, 0.2) is 0 Å². The molecule has 0 bridgehead atoms. The van der Waals surface area contributed by atoms with Crippen LogP contribution in [-0.2, 0) is 6.42 Å². The van der Waals surface area contributed by atoms with Gasteiger partial charge in [-0.25, -0.2) is 0 Å². The first-order valence-corrected chi connectivity index (χ1v) is 6.75. The van der Waals surface area contributed by atoms with E-state index in [1.807, 2.05) is 12.1 Å². The first-order chi connectivity index (χ1) is 8.26. The molecule has 0 fully saturated rings.